The Balaban J connectivity index is 2.96. The number of hydrogen-bond donors (Lipinski definition) is 5. The minimum absolute atomic E-state index is 0.191. The van der Waals surface area contributed by atoms with Crippen LogP contribution in [0.15, 0.2) is 43.1 Å². The summed E-state index contributed by atoms with van der Waals surface area (Å²) in [4.78, 5) is 1.43. The lowest BCUT2D eigenvalue weighted by atomic mass is 9.93. The molecular weight excluding hydrogens is 286 g/mol. The summed E-state index contributed by atoms with van der Waals surface area (Å²) in [6.45, 7) is 2.86. The highest BCUT2D eigenvalue weighted by atomic mass is 16.4. The molecule has 5 N–H and O–H groups in total. The number of aliphatic hydroxyl groups is 5. The van der Waals surface area contributed by atoms with Crippen molar-refractivity contribution < 1.29 is 26.9 Å². The predicted octanol–water partition coefficient (Wildman–Crippen LogP) is -0.891. The van der Waals surface area contributed by atoms with Gasteiger partial charge in [-0.05, 0) is 18.2 Å². The van der Waals surface area contributed by atoms with Crippen molar-refractivity contribution in [1.82, 2.24) is 4.90 Å². The lowest BCUT2D eigenvalue weighted by Gasteiger charge is -2.35. The zero-order valence-corrected chi connectivity index (χ0v) is 12.4. The quantitative estimate of drug-likeness (QED) is 0.405. The van der Waals surface area contributed by atoms with Crippen LogP contribution < -0.4 is 0 Å². The lowest BCUT2D eigenvalue weighted by molar-refractivity contribution is -0.127. The van der Waals surface area contributed by atoms with Crippen LogP contribution in [0.4, 0.5) is 0 Å². The van der Waals surface area contributed by atoms with Gasteiger partial charge in [-0.3, -0.25) is 0 Å². The highest BCUT2D eigenvalue weighted by Crippen LogP contribution is 2.17. The van der Waals surface area contributed by atoms with Gasteiger partial charge in [0.25, 0.3) is 0 Å². The van der Waals surface area contributed by atoms with Crippen LogP contribution >= 0.6 is 0 Å². The molecule has 0 bridgehead atoms. The van der Waals surface area contributed by atoms with Crippen molar-refractivity contribution in [3.63, 3.8) is 0 Å². The van der Waals surface area contributed by atoms with Crippen molar-refractivity contribution in [2.24, 2.45) is 0 Å². The first-order valence-electron chi connectivity index (χ1n) is 7.71. The van der Waals surface area contributed by atoms with E-state index in [1.54, 1.807) is 0 Å². The first kappa shape index (κ1) is 16.9. The summed E-state index contributed by atoms with van der Waals surface area (Å²) in [6.07, 6.45) is -4.71. The Morgan fingerprint density at radius 3 is 2.27 bits per heavy atom. The third-order valence-corrected chi connectivity index (χ3v) is 3.62. The molecule has 1 aromatic carbocycles. The fraction of sp³-hybridized carbons (Fsp3) is 0.500. The number of hydrogen-bond acceptors (Lipinski definition) is 6. The van der Waals surface area contributed by atoms with Gasteiger partial charge >= 0.3 is 0 Å². The zero-order valence-electron chi connectivity index (χ0n) is 13.4. The van der Waals surface area contributed by atoms with E-state index in [4.69, 9.17) is 6.48 Å². The van der Waals surface area contributed by atoms with E-state index < -0.39 is 37.1 Å². The van der Waals surface area contributed by atoms with E-state index >= 15 is 0 Å². The molecule has 0 aliphatic heterocycles. The summed E-state index contributed by atoms with van der Waals surface area (Å²) in [7, 11) is -0.191. The second-order valence-corrected chi connectivity index (χ2v) is 5.18. The number of nitrogens with zero attached hydrogens (tertiary/aromatic N) is 1. The number of aliphatic hydroxyl groups excluding tert-OH is 5. The molecule has 1 rings (SSSR count). The molecule has 6 nitrogen and oxygen atoms in total. The molecule has 0 amide bonds. The molecule has 0 fully saturated rings. The molecule has 5 atom stereocenters. The molecule has 0 radical (unpaired) electrons. The monoisotopic (exact) mass is 312 g/mol. The number of benzene rings is 1. The molecule has 0 saturated carbocycles. The van der Waals surface area contributed by atoms with E-state index in [0.29, 0.717) is 6.42 Å². The van der Waals surface area contributed by atoms with E-state index in [0.717, 1.165) is 5.56 Å². The summed E-state index contributed by atoms with van der Waals surface area (Å²) in [5.41, 5.74) is 0.876. The normalized spacial score (nSPS) is 18.7. The van der Waals surface area contributed by atoms with Gasteiger partial charge in [-0.25, -0.2) is 0 Å². The molecule has 0 aliphatic rings. The minimum atomic E-state index is -1.70. The molecule has 0 heterocycles. The van der Waals surface area contributed by atoms with Crippen molar-refractivity contribution in [3.8, 4) is 0 Å². The Hall–Kier alpha value is -1.44. The van der Waals surface area contributed by atoms with Crippen LogP contribution in [0.3, 0.4) is 0 Å². The number of rotatable bonds is 9. The SMILES string of the molecule is [2H]CN(C=C)C(Cc1ccccc1)[C@H](O)[C@@H](O)[C@H](O)[C@H](O)CO. The molecule has 0 aromatic heterocycles. The molecule has 1 aromatic rings. The Labute approximate surface area is 132 Å². The maximum absolute atomic E-state index is 10.4. The van der Waals surface area contributed by atoms with Gasteiger partial charge < -0.3 is 30.4 Å². The van der Waals surface area contributed by atoms with E-state index in [1.165, 1.54) is 11.1 Å². The Morgan fingerprint density at radius 1 is 1.14 bits per heavy atom. The first-order valence-corrected chi connectivity index (χ1v) is 7.00. The Morgan fingerprint density at radius 2 is 1.77 bits per heavy atom. The van der Waals surface area contributed by atoms with Crippen LogP contribution in [0.2, 0.25) is 0 Å². The van der Waals surface area contributed by atoms with E-state index in [2.05, 4.69) is 6.58 Å². The summed E-state index contributed by atoms with van der Waals surface area (Å²) in [6, 6.07) is 8.48. The van der Waals surface area contributed by atoms with E-state index in [-0.39, 0.29) is 7.02 Å². The van der Waals surface area contributed by atoms with Gasteiger partial charge in [0, 0.05) is 8.39 Å². The van der Waals surface area contributed by atoms with Crippen molar-refractivity contribution in [2.75, 3.05) is 13.6 Å². The van der Waals surface area contributed by atoms with Gasteiger partial charge in [-0.2, -0.15) is 0 Å². The van der Waals surface area contributed by atoms with Crippen LogP contribution in [-0.4, -0.2) is 74.5 Å². The van der Waals surface area contributed by atoms with Crippen LogP contribution in [0, 0.1) is 0 Å². The van der Waals surface area contributed by atoms with Crippen LogP contribution in [-0.2, 0) is 6.42 Å². The molecule has 6 heteroatoms. The second-order valence-electron chi connectivity index (χ2n) is 5.18. The van der Waals surface area contributed by atoms with Gasteiger partial charge in [0.15, 0.2) is 0 Å². The summed E-state index contributed by atoms with van der Waals surface area (Å²) < 4.78 is 7.53. The van der Waals surface area contributed by atoms with Crippen LogP contribution in [0.1, 0.15) is 6.93 Å². The molecule has 0 aliphatic carbocycles. The first-order chi connectivity index (χ1) is 11.0. The average Bonchev–Trinajstić information content (AvgIpc) is 2.60. The Bertz CT molecular complexity index is 461. The Kier molecular flexibility index (Phi) is 6.82. The number of likely N-dealkylation sites (N-methyl/N-ethyl adjacent to an activating group) is 1. The van der Waals surface area contributed by atoms with Crippen LogP contribution in [0.5, 0.6) is 0 Å². The summed E-state index contributed by atoms with van der Waals surface area (Å²) in [5.74, 6) is 0. The molecule has 22 heavy (non-hydrogen) atoms. The maximum atomic E-state index is 10.4. The van der Waals surface area contributed by atoms with Gasteiger partial charge in [0.1, 0.15) is 24.4 Å². The van der Waals surface area contributed by atoms with E-state index in [9.17, 15) is 20.4 Å². The average molecular weight is 312 g/mol. The second kappa shape index (κ2) is 8.87. The minimum Gasteiger partial charge on any atom is -0.394 e. The topological polar surface area (TPSA) is 104 Å². The molecule has 1 unspecified atom stereocenters. The molecule has 0 spiro atoms. The van der Waals surface area contributed by atoms with Gasteiger partial charge in [-0.1, -0.05) is 36.9 Å². The zero-order chi connectivity index (χ0) is 17.4. The van der Waals surface area contributed by atoms with Crippen LogP contribution in [0.25, 0.3) is 0 Å². The third kappa shape index (κ3) is 4.79. The van der Waals surface area contributed by atoms with Crippen molar-refractivity contribution >= 4 is 0 Å². The smallest absolute Gasteiger partial charge is 0.111 e. The standard InChI is InChI=1S/C16H25NO5/c1-3-17(2)12(9-11-7-5-4-6-8-11)14(20)16(22)15(21)13(19)10-18/h3-8,12-16,18-22H,1,9-10H2,2H3/t12?,13-,14+,15-,16-/m1/s1/i2D. The largest absolute Gasteiger partial charge is 0.394 e. The lowest BCUT2D eigenvalue weighted by Crippen LogP contribution is -2.53. The highest BCUT2D eigenvalue weighted by molar-refractivity contribution is 5.17. The van der Waals surface area contributed by atoms with E-state index in [1.807, 2.05) is 30.3 Å². The molecule has 0 saturated heterocycles. The fourth-order valence-electron chi connectivity index (χ4n) is 2.19. The van der Waals surface area contributed by atoms with Crippen molar-refractivity contribution in [3.05, 3.63) is 48.7 Å². The highest BCUT2D eigenvalue weighted by Gasteiger charge is 2.35. The van der Waals surface area contributed by atoms with Gasteiger partial charge in [0.05, 0.1) is 12.6 Å². The van der Waals surface area contributed by atoms with Gasteiger partial charge in [0.2, 0.25) is 0 Å². The fourth-order valence-corrected chi connectivity index (χ4v) is 2.19. The summed E-state index contributed by atoms with van der Waals surface area (Å²) >= 11 is 0. The predicted molar refractivity (Wildman–Crippen MR) is 83.0 cm³/mol. The summed E-state index contributed by atoms with van der Waals surface area (Å²) in [5, 5.41) is 48.6. The third-order valence-electron chi connectivity index (χ3n) is 3.62. The van der Waals surface area contributed by atoms with Crippen molar-refractivity contribution in [1.29, 1.82) is 0 Å². The molecule has 124 valence electrons. The molecular formula is C16H25NO5. The van der Waals surface area contributed by atoms with Gasteiger partial charge in [-0.15, -0.1) is 0 Å². The maximum Gasteiger partial charge on any atom is 0.111 e. The van der Waals surface area contributed by atoms with Crippen molar-refractivity contribution in [2.45, 2.75) is 36.9 Å².